The monoisotopic (exact) mass is 445 g/mol. The van der Waals surface area contributed by atoms with E-state index in [0.717, 1.165) is 17.5 Å². The van der Waals surface area contributed by atoms with E-state index in [4.69, 9.17) is 4.42 Å². The van der Waals surface area contributed by atoms with E-state index in [0.29, 0.717) is 35.4 Å². The first-order chi connectivity index (χ1) is 16.0. The van der Waals surface area contributed by atoms with Gasteiger partial charge in [-0.2, -0.15) is 5.10 Å². The van der Waals surface area contributed by atoms with Gasteiger partial charge in [-0.15, -0.1) is 0 Å². The Hall–Kier alpha value is -4.27. The number of hydrogen-bond acceptors (Lipinski definition) is 6. The smallest absolute Gasteiger partial charge is 0.305 e. The molecule has 9 heteroatoms. The second kappa shape index (κ2) is 9.90. The van der Waals surface area contributed by atoms with Gasteiger partial charge in [-0.25, -0.2) is 5.43 Å². The van der Waals surface area contributed by atoms with Gasteiger partial charge in [-0.1, -0.05) is 30.3 Å². The number of carbonyl (C=O) groups is 3. The van der Waals surface area contributed by atoms with Crippen LogP contribution in [0.25, 0.3) is 0 Å². The SMILES string of the molecule is Cc1c(C(=O)NNC(=O)c2ccncc2)oc2c1/C(=N/NC(=O)Cc1ccccc1)CCC2. The summed E-state index contributed by atoms with van der Waals surface area (Å²) in [4.78, 5) is 40.9. The number of hydrogen-bond donors (Lipinski definition) is 3. The zero-order valence-corrected chi connectivity index (χ0v) is 18.1. The Balaban J connectivity index is 1.44. The van der Waals surface area contributed by atoms with E-state index in [1.54, 1.807) is 6.92 Å². The fraction of sp³-hybridized carbons (Fsp3) is 0.208. The minimum Gasteiger partial charge on any atom is -0.455 e. The zero-order valence-electron chi connectivity index (χ0n) is 18.1. The van der Waals surface area contributed by atoms with Gasteiger partial charge in [0, 0.05) is 35.5 Å². The standard InChI is InChI=1S/C24H23N5O4/c1-15-21-18(26-27-20(30)14-16-6-3-2-4-7-16)8-5-9-19(21)33-22(15)24(32)29-28-23(31)17-10-12-25-13-11-17/h2-4,6-7,10-13H,5,8-9,14H2,1H3,(H,27,30)(H,28,31)(H,29,32)/b26-18+. The predicted molar refractivity (Wildman–Crippen MR) is 120 cm³/mol. The summed E-state index contributed by atoms with van der Waals surface area (Å²) in [6.45, 7) is 1.76. The normalized spacial score (nSPS) is 13.8. The molecule has 0 saturated heterocycles. The van der Waals surface area contributed by atoms with Crippen LogP contribution in [0.3, 0.4) is 0 Å². The summed E-state index contributed by atoms with van der Waals surface area (Å²) in [5.41, 5.74) is 10.6. The van der Waals surface area contributed by atoms with Crippen molar-refractivity contribution >= 4 is 23.4 Å². The van der Waals surface area contributed by atoms with Gasteiger partial charge in [0.1, 0.15) is 5.76 Å². The average molecular weight is 445 g/mol. The molecule has 4 rings (SSSR count). The van der Waals surface area contributed by atoms with E-state index >= 15 is 0 Å². The zero-order chi connectivity index (χ0) is 23.2. The van der Waals surface area contributed by atoms with E-state index in [2.05, 4.69) is 26.4 Å². The van der Waals surface area contributed by atoms with Crippen molar-refractivity contribution in [2.75, 3.05) is 0 Å². The van der Waals surface area contributed by atoms with Crippen molar-refractivity contribution < 1.29 is 18.8 Å². The molecule has 0 saturated carbocycles. The Labute approximate surface area is 190 Å². The van der Waals surface area contributed by atoms with Gasteiger partial charge in [0.25, 0.3) is 5.91 Å². The highest BCUT2D eigenvalue weighted by Gasteiger charge is 2.28. The molecule has 1 aliphatic carbocycles. The number of benzene rings is 1. The summed E-state index contributed by atoms with van der Waals surface area (Å²) < 4.78 is 5.80. The number of pyridine rings is 1. The molecule has 0 unspecified atom stereocenters. The number of hydrazone groups is 1. The summed E-state index contributed by atoms with van der Waals surface area (Å²) in [6.07, 6.45) is 5.29. The van der Waals surface area contributed by atoms with Gasteiger partial charge in [-0.3, -0.25) is 30.2 Å². The molecule has 0 fully saturated rings. The van der Waals surface area contributed by atoms with Crippen LogP contribution in [0.4, 0.5) is 0 Å². The number of rotatable bonds is 5. The molecule has 0 spiro atoms. The van der Waals surface area contributed by atoms with Crippen molar-refractivity contribution in [3.63, 3.8) is 0 Å². The number of aryl methyl sites for hydroxylation is 1. The number of hydrazine groups is 1. The summed E-state index contributed by atoms with van der Waals surface area (Å²) in [5, 5.41) is 4.32. The Morgan fingerprint density at radius 2 is 1.73 bits per heavy atom. The highest BCUT2D eigenvalue weighted by Crippen LogP contribution is 2.29. The molecule has 2 heterocycles. The number of furan rings is 1. The topological polar surface area (TPSA) is 126 Å². The molecule has 1 aliphatic rings. The maximum atomic E-state index is 12.7. The first-order valence-corrected chi connectivity index (χ1v) is 10.6. The van der Waals surface area contributed by atoms with Gasteiger partial charge >= 0.3 is 5.91 Å². The second-order valence-corrected chi connectivity index (χ2v) is 7.61. The Morgan fingerprint density at radius 1 is 1.00 bits per heavy atom. The van der Waals surface area contributed by atoms with Gasteiger partial charge < -0.3 is 4.42 Å². The molecule has 0 aliphatic heterocycles. The van der Waals surface area contributed by atoms with E-state index in [1.807, 2.05) is 30.3 Å². The predicted octanol–water partition coefficient (Wildman–Crippen LogP) is 2.46. The van der Waals surface area contributed by atoms with Crippen LogP contribution in [0.5, 0.6) is 0 Å². The third-order valence-corrected chi connectivity index (χ3v) is 5.29. The highest BCUT2D eigenvalue weighted by molar-refractivity contribution is 6.07. The van der Waals surface area contributed by atoms with E-state index in [-0.39, 0.29) is 18.1 Å². The van der Waals surface area contributed by atoms with Crippen LogP contribution >= 0.6 is 0 Å². The molecule has 3 N–H and O–H groups in total. The molecular weight excluding hydrogens is 422 g/mol. The van der Waals surface area contributed by atoms with Gasteiger partial charge in [0.05, 0.1) is 12.1 Å². The lowest BCUT2D eigenvalue weighted by molar-refractivity contribution is -0.120. The summed E-state index contributed by atoms with van der Waals surface area (Å²) in [6, 6.07) is 12.5. The minimum atomic E-state index is -0.572. The third kappa shape index (κ3) is 5.15. The summed E-state index contributed by atoms with van der Waals surface area (Å²) >= 11 is 0. The van der Waals surface area contributed by atoms with Crippen molar-refractivity contribution in [1.82, 2.24) is 21.3 Å². The number of carbonyl (C=O) groups excluding carboxylic acids is 3. The van der Waals surface area contributed by atoms with Gasteiger partial charge in [0.2, 0.25) is 5.91 Å². The molecule has 9 nitrogen and oxygen atoms in total. The molecule has 0 atom stereocenters. The number of amides is 3. The minimum absolute atomic E-state index is 0.0974. The van der Waals surface area contributed by atoms with Gasteiger partial charge in [-0.05, 0) is 37.5 Å². The number of fused-ring (bicyclic) bond motifs is 1. The maximum Gasteiger partial charge on any atom is 0.305 e. The van der Waals surface area contributed by atoms with Crippen LogP contribution in [0.1, 0.15) is 56.2 Å². The molecule has 0 radical (unpaired) electrons. The first kappa shape index (κ1) is 21.9. The fourth-order valence-corrected chi connectivity index (χ4v) is 3.69. The van der Waals surface area contributed by atoms with Crippen LogP contribution in [0.2, 0.25) is 0 Å². The van der Waals surface area contributed by atoms with Crippen molar-refractivity contribution in [3.8, 4) is 0 Å². The Bertz CT molecular complexity index is 1200. The Kier molecular flexibility index (Phi) is 6.58. The third-order valence-electron chi connectivity index (χ3n) is 5.29. The van der Waals surface area contributed by atoms with Crippen molar-refractivity contribution in [2.24, 2.45) is 5.10 Å². The summed E-state index contributed by atoms with van der Waals surface area (Å²) in [7, 11) is 0. The summed E-state index contributed by atoms with van der Waals surface area (Å²) in [5.74, 6) is -0.528. The lowest BCUT2D eigenvalue weighted by Crippen LogP contribution is -2.41. The quantitative estimate of drug-likeness (QED) is 0.520. The van der Waals surface area contributed by atoms with E-state index in [1.165, 1.54) is 24.5 Å². The second-order valence-electron chi connectivity index (χ2n) is 7.61. The van der Waals surface area contributed by atoms with Crippen LogP contribution < -0.4 is 16.3 Å². The molecule has 168 valence electrons. The van der Waals surface area contributed by atoms with Crippen molar-refractivity contribution in [1.29, 1.82) is 0 Å². The van der Waals surface area contributed by atoms with Crippen LogP contribution in [0, 0.1) is 6.92 Å². The maximum absolute atomic E-state index is 12.7. The molecule has 33 heavy (non-hydrogen) atoms. The number of nitrogens with one attached hydrogen (secondary N) is 3. The van der Waals surface area contributed by atoms with Crippen LogP contribution in [0.15, 0.2) is 64.4 Å². The average Bonchev–Trinajstić information content (AvgIpc) is 3.19. The van der Waals surface area contributed by atoms with E-state index < -0.39 is 11.8 Å². The highest BCUT2D eigenvalue weighted by atomic mass is 16.4. The van der Waals surface area contributed by atoms with Crippen molar-refractivity contribution in [2.45, 2.75) is 32.6 Å². The van der Waals surface area contributed by atoms with E-state index in [9.17, 15) is 14.4 Å². The lowest BCUT2D eigenvalue weighted by atomic mass is 9.93. The van der Waals surface area contributed by atoms with Crippen LogP contribution in [-0.2, 0) is 17.6 Å². The molecule has 2 aromatic heterocycles. The molecule has 1 aromatic carbocycles. The number of nitrogens with zero attached hydrogens (tertiary/aromatic N) is 2. The molecule has 3 amide bonds. The molecular formula is C24H23N5O4. The Morgan fingerprint density at radius 3 is 2.48 bits per heavy atom. The van der Waals surface area contributed by atoms with Crippen molar-refractivity contribution in [3.05, 3.63) is 88.6 Å². The first-order valence-electron chi connectivity index (χ1n) is 10.6. The largest absolute Gasteiger partial charge is 0.455 e. The fourth-order valence-electron chi connectivity index (χ4n) is 3.69. The van der Waals surface area contributed by atoms with Crippen LogP contribution in [-0.4, -0.2) is 28.4 Å². The molecule has 3 aromatic rings. The lowest BCUT2D eigenvalue weighted by Gasteiger charge is -2.13. The van der Waals surface area contributed by atoms with Gasteiger partial charge in [0.15, 0.2) is 5.76 Å². The number of aromatic nitrogens is 1. The molecule has 0 bridgehead atoms.